The minimum atomic E-state index is -0.906. The first-order chi connectivity index (χ1) is 10.1. The topological polar surface area (TPSA) is 49.8 Å². The van der Waals surface area contributed by atoms with E-state index < -0.39 is 5.97 Å². The Labute approximate surface area is 126 Å². The number of benzene rings is 1. The van der Waals surface area contributed by atoms with Crippen molar-refractivity contribution < 1.29 is 14.6 Å². The molecule has 1 heterocycles. The zero-order chi connectivity index (χ0) is 15.1. The molecule has 0 aliphatic carbocycles. The average Bonchev–Trinajstić information content (AvgIpc) is 2.69. The number of hydrogen-bond donors (Lipinski definition) is 1. The third kappa shape index (κ3) is 5.38. The van der Waals surface area contributed by atoms with Crippen LogP contribution in [0.5, 0.6) is 5.75 Å². The standard InChI is InChI=1S/C17H25NO3/c1-14-4-2-10-18(12-9-14)11-3-13-21-16-7-5-15(6-8-16)17(19)20/h5-8,14H,2-4,9-13H2,1H3,(H,19,20). The van der Waals surface area contributed by atoms with Gasteiger partial charge in [-0.2, -0.15) is 0 Å². The predicted octanol–water partition coefficient (Wildman–Crippen LogP) is 3.28. The zero-order valence-corrected chi connectivity index (χ0v) is 12.8. The Morgan fingerprint density at radius 1 is 1.29 bits per heavy atom. The molecule has 1 aliphatic heterocycles. The zero-order valence-electron chi connectivity index (χ0n) is 12.8. The van der Waals surface area contributed by atoms with Gasteiger partial charge in [-0.15, -0.1) is 0 Å². The number of hydrogen-bond acceptors (Lipinski definition) is 3. The summed E-state index contributed by atoms with van der Waals surface area (Å²) >= 11 is 0. The lowest BCUT2D eigenvalue weighted by Crippen LogP contribution is -2.27. The molecule has 1 aromatic rings. The monoisotopic (exact) mass is 291 g/mol. The second kappa shape index (κ2) is 8.03. The van der Waals surface area contributed by atoms with Crippen LogP contribution in [0.25, 0.3) is 0 Å². The minimum absolute atomic E-state index is 0.293. The molecule has 1 atom stereocenters. The molecule has 1 N–H and O–H groups in total. The quantitative estimate of drug-likeness (QED) is 0.817. The first kappa shape index (κ1) is 15.8. The van der Waals surface area contributed by atoms with E-state index in [9.17, 15) is 4.79 Å². The molecule has 4 nitrogen and oxygen atoms in total. The van der Waals surface area contributed by atoms with E-state index in [1.165, 1.54) is 32.4 Å². The molecule has 1 aromatic carbocycles. The van der Waals surface area contributed by atoms with Crippen molar-refractivity contribution in [3.05, 3.63) is 29.8 Å². The maximum absolute atomic E-state index is 10.8. The second-order valence-corrected chi connectivity index (χ2v) is 5.91. The molecular weight excluding hydrogens is 266 g/mol. The molecule has 4 heteroatoms. The number of aromatic carboxylic acids is 1. The molecule has 2 rings (SSSR count). The van der Waals surface area contributed by atoms with E-state index in [1.54, 1.807) is 24.3 Å². The molecule has 116 valence electrons. The fraction of sp³-hybridized carbons (Fsp3) is 0.588. The van der Waals surface area contributed by atoms with Crippen molar-refractivity contribution in [1.82, 2.24) is 4.90 Å². The Morgan fingerprint density at radius 2 is 2.05 bits per heavy atom. The van der Waals surface area contributed by atoms with Crippen LogP contribution in [0.1, 0.15) is 43.0 Å². The van der Waals surface area contributed by atoms with Crippen LogP contribution in [-0.4, -0.2) is 42.2 Å². The second-order valence-electron chi connectivity index (χ2n) is 5.91. The Hall–Kier alpha value is -1.55. The molecule has 0 spiro atoms. The maximum atomic E-state index is 10.8. The first-order valence-electron chi connectivity index (χ1n) is 7.83. The van der Waals surface area contributed by atoms with E-state index in [2.05, 4.69) is 11.8 Å². The van der Waals surface area contributed by atoms with Crippen LogP contribution in [0.2, 0.25) is 0 Å². The van der Waals surface area contributed by atoms with Gasteiger partial charge in [0.25, 0.3) is 0 Å². The molecule has 0 saturated carbocycles. The smallest absolute Gasteiger partial charge is 0.335 e. The van der Waals surface area contributed by atoms with E-state index in [-0.39, 0.29) is 0 Å². The van der Waals surface area contributed by atoms with Crippen molar-refractivity contribution in [2.45, 2.75) is 32.6 Å². The number of carbonyl (C=O) groups is 1. The highest BCUT2D eigenvalue weighted by molar-refractivity contribution is 5.87. The Kier molecular flexibility index (Phi) is 6.05. The SMILES string of the molecule is CC1CCCN(CCCOc2ccc(C(=O)O)cc2)CC1. The lowest BCUT2D eigenvalue weighted by molar-refractivity contribution is 0.0697. The highest BCUT2D eigenvalue weighted by atomic mass is 16.5. The maximum Gasteiger partial charge on any atom is 0.335 e. The summed E-state index contributed by atoms with van der Waals surface area (Å²) in [5.41, 5.74) is 0.293. The summed E-state index contributed by atoms with van der Waals surface area (Å²) in [5, 5.41) is 8.83. The highest BCUT2D eigenvalue weighted by Crippen LogP contribution is 2.17. The van der Waals surface area contributed by atoms with Crippen LogP contribution in [0, 0.1) is 5.92 Å². The van der Waals surface area contributed by atoms with Crippen LogP contribution in [0.4, 0.5) is 0 Å². The molecule has 1 aliphatic rings. The summed E-state index contributed by atoms with van der Waals surface area (Å²) in [6, 6.07) is 6.59. The van der Waals surface area contributed by atoms with E-state index in [0.717, 1.165) is 24.6 Å². The minimum Gasteiger partial charge on any atom is -0.494 e. The average molecular weight is 291 g/mol. The summed E-state index contributed by atoms with van der Waals surface area (Å²) in [6.45, 7) is 6.51. The third-order valence-corrected chi connectivity index (χ3v) is 4.10. The van der Waals surface area contributed by atoms with E-state index in [1.807, 2.05) is 0 Å². The molecule has 1 saturated heterocycles. The van der Waals surface area contributed by atoms with Gasteiger partial charge in [0.1, 0.15) is 5.75 Å². The number of rotatable bonds is 6. The third-order valence-electron chi connectivity index (χ3n) is 4.10. The van der Waals surface area contributed by atoms with Gasteiger partial charge in [-0.3, -0.25) is 0 Å². The number of ether oxygens (including phenoxy) is 1. The van der Waals surface area contributed by atoms with Crippen LogP contribution < -0.4 is 4.74 Å². The van der Waals surface area contributed by atoms with Gasteiger partial charge < -0.3 is 14.7 Å². The van der Waals surface area contributed by atoms with Gasteiger partial charge in [0.2, 0.25) is 0 Å². The number of carboxylic acid groups (broad SMARTS) is 1. The summed E-state index contributed by atoms with van der Waals surface area (Å²) in [6.07, 6.45) is 4.97. The molecule has 0 radical (unpaired) electrons. The van der Waals surface area contributed by atoms with E-state index >= 15 is 0 Å². The number of nitrogens with zero attached hydrogens (tertiary/aromatic N) is 1. The van der Waals surface area contributed by atoms with Gasteiger partial charge in [-0.05, 0) is 69.0 Å². The van der Waals surface area contributed by atoms with Crippen LogP contribution in [0.3, 0.4) is 0 Å². The fourth-order valence-electron chi connectivity index (χ4n) is 2.72. The predicted molar refractivity (Wildman–Crippen MR) is 83.0 cm³/mol. The van der Waals surface area contributed by atoms with Crippen molar-refractivity contribution in [3.8, 4) is 5.75 Å². The lowest BCUT2D eigenvalue weighted by atomic mass is 10.0. The summed E-state index contributed by atoms with van der Waals surface area (Å²) in [5.74, 6) is 0.695. The normalized spacial score (nSPS) is 20.0. The lowest BCUT2D eigenvalue weighted by Gasteiger charge is -2.19. The van der Waals surface area contributed by atoms with Crippen molar-refractivity contribution >= 4 is 5.97 Å². The number of likely N-dealkylation sites (tertiary alicyclic amines) is 1. The molecule has 1 fully saturated rings. The number of carboxylic acids is 1. The molecule has 0 bridgehead atoms. The van der Waals surface area contributed by atoms with Gasteiger partial charge >= 0.3 is 5.97 Å². The van der Waals surface area contributed by atoms with Gasteiger partial charge in [0.05, 0.1) is 12.2 Å². The van der Waals surface area contributed by atoms with Gasteiger partial charge in [0.15, 0.2) is 0 Å². The van der Waals surface area contributed by atoms with Crippen LogP contribution >= 0.6 is 0 Å². The van der Waals surface area contributed by atoms with Gasteiger partial charge in [-0.1, -0.05) is 6.92 Å². The largest absolute Gasteiger partial charge is 0.494 e. The first-order valence-corrected chi connectivity index (χ1v) is 7.83. The highest BCUT2D eigenvalue weighted by Gasteiger charge is 2.13. The molecule has 0 amide bonds. The van der Waals surface area contributed by atoms with Crippen molar-refractivity contribution in [3.63, 3.8) is 0 Å². The van der Waals surface area contributed by atoms with E-state index in [0.29, 0.717) is 12.2 Å². The Bertz CT molecular complexity index is 444. The molecule has 1 unspecified atom stereocenters. The van der Waals surface area contributed by atoms with Gasteiger partial charge in [-0.25, -0.2) is 4.79 Å². The van der Waals surface area contributed by atoms with Gasteiger partial charge in [0, 0.05) is 6.54 Å². The fourth-order valence-corrected chi connectivity index (χ4v) is 2.72. The summed E-state index contributed by atoms with van der Waals surface area (Å²) in [7, 11) is 0. The van der Waals surface area contributed by atoms with Crippen molar-refractivity contribution in [1.29, 1.82) is 0 Å². The Balaban J connectivity index is 1.66. The van der Waals surface area contributed by atoms with E-state index in [4.69, 9.17) is 9.84 Å². The van der Waals surface area contributed by atoms with Crippen molar-refractivity contribution in [2.75, 3.05) is 26.2 Å². The van der Waals surface area contributed by atoms with Crippen LogP contribution in [-0.2, 0) is 0 Å². The summed E-state index contributed by atoms with van der Waals surface area (Å²) < 4.78 is 5.66. The molecule has 0 aromatic heterocycles. The Morgan fingerprint density at radius 3 is 2.76 bits per heavy atom. The van der Waals surface area contributed by atoms with Crippen molar-refractivity contribution in [2.24, 2.45) is 5.92 Å². The summed E-state index contributed by atoms with van der Waals surface area (Å²) in [4.78, 5) is 13.3. The molecule has 21 heavy (non-hydrogen) atoms. The van der Waals surface area contributed by atoms with Crippen LogP contribution in [0.15, 0.2) is 24.3 Å². The molecular formula is C17H25NO3.